The van der Waals surface area contributed by atoms with E-state index in [1.807, 2.05) is 12.1 Å². The van der Waals surface area contributed by atoms with Gasteiger partial charge in [0.2, 0.25) is 5.88 Å². The summed E-state index contributed by atoms with van der Waals surface area (Å²) >= 11 is 1.76. The Morgan fingerprint density at radius 2 is 2.50 bits per heavy atom. The molecule has 2 rings (SSSR count). The van der Waals surface area contributed by atoms with Gasteiger partial charge in [0, 0.05) is 17.5 Å². The Labute approximate surface area is 87.5 Å². The molecule has 14 heavy (non-hydrogen) atoms. The number of hydrogen-bond acceptors (Lipinski definition) is 4. The minimum absolute atomic E-state index is 0.539. The van der Waals surface area contributed by atoms with Crippen molar-refractivity contribution in [2.75, 3.05) is 18.6 Å². The van der Waals surface area contributed by atoms with Gasteiger partial charge in [0.05, 0.1) is 7.11 Å². The molecule has 2 heterocycles. The van der Waals surface area contributed by atoms with Crippen LogP contribution in [0.3, 0.4) is 0 Å². The maximum Gasteiger partial charge on any atom is 0.219 e. The van der Waals surface area contributed by atoms with Gasteiger partial charge in [-0.1, -0.05) is 0 Å². The van der Waals surface area contributed by atoms with Crippen molar-refractivity contribution in [3.63, 3.8) is 0 Å². The molecular weight excluding hydrogens is 198 g/mol. The van der Waals surface area contributed by atoms with Crippen molar-refractivity contribution in [3.8, 4) is 5.88 Å². The van der Waals surface area contributed by atoms with Crippen LogP contribution in [0.4, 0.5) is 0 Å². The Kier molecular flexibility index (Phi) is 2.65. The minimum atomic E-state index is -0.746. The van der Waals surface area contributed by atoms with Gasteiger partial charge in [0.1, 0.15) is 5.60 Å². The molecule has 0 amide bonds. The van der Waals surface area contributed by atoms with E-state index in [0.29, 0.717) is 5.88 Å². The summed E-state index contributed by atoms with van der Waals surface area (Å²) in [5, 5.41) is 10.3. The Morgan fingerprint density at radius 3 is 3.14 bits per heavy atom. The van der Waals surface area contributed by atoms with Crippen LogP contribution < -0.4 is 4.74 Å². The topological polar surface area (TPSA) is 42.4 Å². The Morgan fingerprint density at radius 1 is 1.64 bits per heavy atom. The normalized spacial score (nSPS) is 26.4. The predicted octanol–water partition coefficient (Wildman–Crippen LogP) is 1.41. The summed E-state index contributed by atoms with van der Waals surface area (Å²) in [6, 6.07) is 3.72. The van der Waals surface area contributed by atoms with E-state index in [-0.39, 0.29) is 0 Å². The summed E-state index contributed by atoms with van der Waals surface area (Å²) in [6.07, 6.45) is 2.45. The second-order valence-corrected chi connectivity index (χ2v) is 4.50. The molecule has 0 aromatic carbocycles. The van der Waals surface area contributed by atoms with Gasteiger partial charge in [-0.05, 0) is 24.3 Å². The predicted molar refractivity (Wildman–Crippen MR) is 56.6 cm³/mol. The molecule has 1 unspecified atom stereocenters. The standard InChI is InChI=1S/C10H13NO2S/c1-13-9-8(3-2-5-11-9)10(12)4-6-14-7-10/h2-3,5,12H,4,6-7H2,1H3. The molecule has 0 saturated carbocycles. The first-order valence-electron chi connectivity index (χ1n) is 4.56. The number of rotatable bonds is 2. The molecule has 0 aliphatic carbocycles. The van der Waals surface area contributed by atoms with E-state index in [0.717, 1.165) is 23.5 Å². The number of aliphatic hydroxyl groups is 1. The summed E-state index contributed by atoms with van der Waals surface area (Å²) < 4.78 is 5.14. The molecule has 1 aliphatic heterocycles. The molecule has 4 heteroatoms. The largest absolute Gasteiger partial charge is 0.481 e. The van der Waals surface area contributed by atoms with E-state index in [4.69, 9.17) is 4.74 Å². The van der Waals surface area contributed by atoms with Crippen LogP contribution in [0.5, 0.6) is 5.88 Å². The molecule has 0 spiro atoms. The van der Waals surface area contributed by atoms with Crippen LogP contribution in [0.15, 0.2) is 18.3 Å². The molecule has 1 N–H and O–H groups in total. The van der Waals surface area contributed by atoms with E-state index >= 15 is 0 Å². The van der Waals surface area contributed by atoms with Gasteiger partial charge >= 0.3 is 0 Å². The molecule has 1 saturated heterocycles. The third kappa shape index (κ3) is 1.60. The lowest BCUT2D eigenvalue weighted by molar-refractivity contribution is 0.0623. The molecule has 1 fully saturated rings. The highest BCUT2D eigenvalue weighted by Gasteiger charge is 2.36. The number of nitrogens with zero attached hydrogens (tertiary/aromatic N) is 1. The van der Waals surface area contributed by atoms with E-state index in [9.17, 15) is 5.11 Å². The van der Waals surface area contributed by atoms with Crippen LogP contribution >= 0.6 is 11.8 Å². The Hall–Kier alpha value is -0.740. The van der Waals surface area contributed by atoms with Gasteiger partial charge in [0.15, 0.2) is 0 Å². The number of aromatic nitrogens is 1. The average molecular weight is 211 g/mol. The number of ether oxygens (including phenoxy) is 1. The first-order valence-corrected chi connectivity index (χ1v) is 5.71. The fourth-order valence-corrected chi connectivity index (χ4v) is 2.94. The Balaban J connectivity index is 2.39. The van der Waals surface area contributed by atoms with Crippen LogP contribution in [-0.2, 0) is 5.60 Å². The number of methoxy groups -OCH3 is 1. The molecular formula is C10H13NO2S. The molecule has 1 aliphatic rings. The SMILES string of the molecule is COc1ncccc1C1(O)CCSC1. The van der Waals surface area contributed by atoms with Crippen molar-refractivity contribution in [2.24, 2.45) is 0 Å². The molecule has 1 aromatic rings. The van der Waals surface area contributed by atoms with Crippen LogP contribution in [0.25, 0.3) is 0 Å². The molecule has 3 nitrogen and oxygen atoms in total. The first kappa shape index (κ1) is 9.80. The zero-order valence-electron chi connectivity index (χ0n) is 8.06. The van der Waals surface area contributed by atoms with Crippen molar-refractivity contribution >= 4 is 11.8 Å². The second-order valence-electron chi connectivity index (χ2n) is 3.39. The van der Waals surface area contributed by atoms with Crippen LogP contribution in [0.1, 0.15) is 12.0 Å². The molecule has 1 aromatic heterocycles. The summed E-state index contributed by atoms with van der Waals surface area (Å²) in [5.41, 5.74) is 0.0667. The van der Waals surface area contributed by atoms with Crippen molar-refractivity contribution in [3.05, 3.63) is 23.9 Å². The number of thioether (sulfide) groups is 1. The monoisotopic (exact) mass is 211 g/mol. The quantitative estimate of drug-likeness (QED) is 0.803. The number of hydrogen-bond donors (Lipinski definition) is 1. The van der Waals surface area contributed by atoms with Gasteiger partial charge in [-0.15, -0.1) is 0 Å². The second kappa shape index (κ2) is 3.79. The highest BCUT2D eigenvalue weighted by Crippen LogP contribution is 2.39. The van der Waals surface area contributed by atoms with E-state index in [2.05, 4.69) is 4.98 Å². The highest BCUT2D eigenvalue weighted by atomic mass is 32.2. The van der Waals surface area contributed by atoms with Gasteiger partial charge in [0.25, 0.3) is 0 Å². The van der Waals surface area contributed by atoms with Crippen LogP contribution in [0, 0.1) is 0 Å². The lowest BCUT2D eigenvalue weighted by Crippen LogP contribution is -2.25. The van der Waals surface area contributed by atoms with Crippen molar-refractivity contribution in [1.82, 2.24) is 4.98 Å². The average Bonchev–Trinajstić information content (AvgIpc) is 2.66. The van der Waals surface area contributed by atoms with Crippen molar-refractivity contribution in [1.29, 1.82) is 0 Å². The maximum atomic E-state index is 10.3. The summed E-state index contributed by atoms with van der Waals surface area (Å²) in [4.78, 5) is 4.10. The van der Waals surface area contributed by atoms with Crippen LogP contribution in [-0.4, -0.2) is 28.7 Å². The van der Waals surface area contributed by atoms with Crippen molar-refractivity contribution in [2.45, 2.75) is 12.0 Å². The minimum Gasteiger partial charge on any atom is -0.481 e. The maximum absolute atomic E-state index is 10.3. The van der Waals surface area contributed by atoms with Crippen molar-refractivity contribution < 1.29 is 9.84 Å². The van der Waals surface area contributed by atoms with E-state index in [1.165, 1.54) is 0 Å². The fraction of sp³-hybridized carbons (Fsp3) is 0.500. The molecule has 76 valence electrons. The Bertz CT molecular complexity index is 324. The smallest absolute Gasteiger partial charge is 0.219 e. The zero-order valence-corrected chi connectivity index (χ0v) is 8.88. The molecule has 0 radical (unpaired) electrons. The zero-order chi connectivity index (χ0) is 10.0. The van der Waals surface area contributed by atoms with Gasteiger partial charge in [-0.3, -0.25) is 0 Å². The van der Waals surface area contributed by atoms with E-state index < -0.39 is 5.60 Å². The molecule has 1 atom stereocenters. The summed E-state index contributed by atoms with van der Waals surface area (Å²) in [5.74, 6) is 2.27. The fourth-order valence-electron chi connectivity index (χ4n) is 1.67. The lowest BCUT2D eigenvalue weighted by atomic mass is 9.94. The first-order chi connectivity index (χ1) is 6.76. The van der Waals surface area contributed by atoms with Gasteiger partial charge in [-0.2, -0.15) is 11.8 Å². The lowest BCUT2D eigenvalue weighted by Gasteiger charge is -2.22. The van der Waals surface area contributed by atoms with E-state index in [1.54, 1.807) is 25.1 Å². The number of pyridine rings is 1. The highest BCUT2D eigenvalue weighted by molar-refractivity contribution is 7.99. The molecule has 0 bridgehead atoms. The summed E-state index contributed by atoms with van der Waals surface area (Å²) in [7, 11) is 1.58. The third-order valence-electron chi connectivity index (χ3n) is 2.47. The summed E-state index contributed by atoms with van der Waals surface area (Å²) in [6.45, 7) is 0. The van der Waals surface area contributed by atoms with Gasteiger partial charge in [-0.25, -0.2) is 4.98 Å². The van der Waals surface area contributed by atoms with Gasteiger partial charge < -0.3 is 9.84 Å². The third-order valence-corrected chi connectivity index (χ3v) is 3.64. The van der Waals surface area contributed by atoms with Crippen LogP contribution in [0.2, 0.25) is 0 Å².